The number of nitrogens with one attached hydrogen (secondary N) is 2. The molecule has 1 atom stereocenters. The van der Waals surface area contributed by atoms with Crippen LogP contribution >= 0.6 is 11.6 Å². The molecule has 5 nitrogen and oxygen atoms in total. The fourth-order valence-electron chi connectivity index (χ4n) is 2.09. The van der Waals surface area contributed by atoms with Crippen LogP contribution < -0.4 is 10.0 Å². The Morgan fingerprint density at radius 3 is 2.46 bits per heavy atom. The van der Waals surface area contributed by atoms with Gasteiger partial charge in [0.25, 0.3) is 5.91 Å². The van der Waals surface area contributed by atoms with Crippen molar-refractivity contribution in [2.24, 2.45) is 0 Å². The van der Waals surface area contributed by atoms with Crippen LogP contribution in [0.2, 0.25) is 5.02 Å². The predicted octanol–water partition coefficient (Wildman–Crippen LogP) is 3.59. The van der Waals surface area contributed by atoms with Gasteiger partial charge in [0.2, 0.25) is 10.0 Å². The number of hydrogen-bond acceptors (Lipinski definition) is 3. The van der Waals surface area contributed by atoms with Gasteiger partial charge in [-0.05, 0) is 49.7 Å². The molecule has 0 heterocycles. The van der Waals surface area contributed by atoms with E-state index in [-0.39, 0.29) is 17.7 Å². The first kappa shape index (κ1) is 18.3. The Bertz CT molecular complexity index is 820. The molecule has 0 aliphatic carbocycles. The summed E-state index contributed by atoms with van der Waals surface area (Å²) in [4.78, 5) is 12.4. The first-order valence-corrected chi connectivity index (χ1v) is 9.50. The quantitative estimate of drug-likeness (QED) is 0.820. The summed E-state index contributed by atoms with van der Waals surface area (Å²) >= 11 is 5.86. The minimum atomic E-state index is -3.38. The van der Waals surface area contributed by atoms with Crippen molar-refractivity contribution in [3.63, 3.8) is 0 Å². The first-order valence-electron chi connectivity index (χ1n) is 7.47. The van der Waals surface area contributed by atoms with Crippen molar-refractivity contribution < 1.29 is 13.2 Å². The predicted molar refractivity (Wildman–Crippen MR) is 96.9 cm³/mol. The zero-order valence-corrected chi connectivity index (χ0v) is 15.0. The first-order chi connectivity index (χ1) is 11.3. The van der Waals surface area contributed by atoms with Crippen LogP contribution in [0.15, 0.2) is 48.5 Å². The van der Waals surface area contributed by atoms with E-state index in [9.17, 15) is 13.2 Å². The van der Waals surface area contributed by atoms with Crippen LogP contribution in [-0.4, -0.2) is 20.1 Å². The summed E-state index contributed by atoms with van der Waals surface area (Å²) in [5.41, 5.74) is 1.67. The van der Waals surface area contributed by atoms with Crippen molar-refractivity contribution in [2.45, 2.75) is 19.9 Å². The Morgan fingerprint density at radius 1 is 1.17 bits per heavy atom. The lowest BCUT2D eigenvalue weighted by Crippen LogP contribution is -2.26. The summed E-state index contributed by atoms with van der Waals surface area (Å²) in [5, 5.41) is 3.51. The van der Waals surface area contributed by atoms with Crippen molar-refractivity contribution in [2.75, 3.05) is 10.5 Å². The van der Waals surface area contributed by atoms with Crippen LogP contribution in [0, 0.1) is 0 Å². The molecule has 0 aromatic heterocycles. The number of hydrogen-bond donors (Lipinski definition) is 2. The van der Waals surface area contributed by atoms with Gasteiger partial charge in [0.15, 0.2) is 0 Å². The fourth-order valence-corrected chi connectivity index (χ4v) is 2.85. The second kappa shape index (κ2) is 7.68. The van der Waals surface area contributed by atoms with Gasteiger partial charge in [0.05, 0.1) is 11.8 Å². The molecule has 0 saturated heterocycles. The van der Waals surface area contributed by atoms with Crippen LogP contribution in [-0.2, 0) is 10.0 Å². The highest BCUT2D eigenvalue weighted by molar-refractivity contribution is 7.92. The van der Waals surface area contributed by atoms with Gasteiger partial charge in [-0.2, -0.15) is 0 Å². The van der Waals surface area contributed by atoms with Crippen molar-refractivity contribution in [3.8, 4) is 0 Å². The number of sulfonamides is 1. The highest BCUT2D eigenvalue weighted by Gasteiger charge is 2.13. The van der Waals surface area contributed by atoms with E-state index in [0.717, 1.165) is 5.56 Å². The third kappa shape index (κ3) is 4.97. The van der Waals surface area contributed by atoms with Gasteiger partial charge >= 0.3 is 0 Å². The van der Waals surface area contributed by atoms with Gasteiger partial charge in [0, 0.05) is 16.3 Å². The minimum absolute atomic E-state index is 0.0307. The third-order valence-electron chi connectivity index (χ3n) is 3.50. The maximum Gasteiger partial charge on any atom is 0.251 e. The monoisotopic (exact) mass is 366 g/mol. The van der Waals surface area contributed by atoms with Crippen LogP contribution in [0.3, 0.4) is 0 Å². The molecule has 0 radical (unpaired) electrons. The van der Waals surface area contributed by atoms with Gasteiger partial charge < -0.3 is 5.32 Å². The summed E-state index contributed by atoms with van der Waals surface area (Å²) in [6.45, 7) is 3.41. The van der Waals surface area contributed by atoms with E-state index < -0.39 is 10.0 Å². The molecule has 1 amide bonds. The average molecular weight is 367 g/mol. The molecule has 128 valence electrons. The van der Waals surface area contributed by atoms with Crippen molar-refractivity contribution in [1.82, 2.24) is 5.32 Å². The fraction of sp³-hybridized carbons (Fsp3) is 0.235. The summed E-state index contributed by atoms with van der Waals surface area (Å²) in [6.07, 6.45) is 0. The molecule has 2 aromatic rings. The van der Waals surface area contributed by atoms with E-state index in [2.05, 4.69) is 10.0 Å². The average Bonchev–Trinajstić information content (AvgIpc) is 2.55. The van der Waals surface area contributed by atoms with Crippen molar-refractivity contribution >= 4 is 33.2 Å². The standard InChI is InChI=1S/C17H19ClN2O3S/c1-3-24(22,23)20-16-6-4-5-14(11-16)17(21)19-12(2)13-7-9-15(18)10-8-13/h4-12,20H,3H2,1-2H3,(H,19,21)/t12-/m1/s1. The summed E-state index contributed by atoms with van der Waals surface area (Å²) in [5.74, 6) is -0.313. The zero-order valence-electron chi connectivity index (χ0n) is 13.4. The zero-order chi connectivity index (χ0) is 17.7. The van der Waals surface area contributed by atoms with Crippen LogP contribution in [0.4, 0.5) is 5.69 Å². The molecular formula is C17H19ClN2O3S. The van der Waals surface area contributed by atoms with E-state index in [0.29, 0.717) is 16.3 Å². The van der Waals surface area contributed by atoms with Crippen molar-refractivity contribution in [3.05, 3.63) is 64.7 Å². The molecule has 0 saturated carbocycles. The molecule has 0 fully saturated rings. The molecule has 2 rings (SSSR count). The Balaban J connectivity index is 2.11. The number of rotatable bonds is 6. The molecular weight excluding hydrogens is 348 g/mol. The molecule has 0 spiro atoms. The molecule has 0 aliphatic heterocycles. The second-order valence-corrected chi connectivity index (χ2v) is 7.78. The lowest BCUT2D eigenvalue weighted by molar-refractivity contribution is 0.0940. The minimum Gasteiger partial charge on any atom is -0.346 e. The molecule has 2 N–H and O–H groups in total. The highest BCUT2D eigenvalue weighted by atomic mass is 35.5. The largest absolute Gasteiger partial charge is 0.346 e. The van der Waals surface area contributed by atoms with E-state index in [1.165, 1.54) is 6.07 Å². The topological polar surface area (TPSA) is 75.3 Å². The number of carbonyl (C=O) groups excluding carboxylic acids is 1. The third-order valence-corrected chi connectivity index (χ3v) is 5.05. The summed E-state index contributed by atoms with van der Waals surface area (Å²) < 4.78 is 25.7. The molecule has 0 unspecified atom stereocenters. The van der Waals surface area contributed by atoms with Gasteiger partial charge in [-0.3, -0.25) is 9.52 Å². The molecule has 0 bridgehead atoms. The number of anilines is 1. The molecule has 2 aromatic carbocycles. The van der Waals surface area contributed by atoms with Crippen LogP contribution in [0.25, 0.3) is 0 Å². The smallest absolute Gasteiger partial charge is 0.251 e. The maximum absolute atomic E-state index is 12.4. The number of halogens is 1. The Kier molecular flexibility index (Phi) is 5.85. The van der Waals surface area contributed by atoms with Gasteiger partial charge in [-0.1, -0.05) is 29.8 Å². The van der Waals surface area contributed by atoms with E-state index in [4.69, 9.17) is 11.6 Å². The normalized spacial score (nSPS) is 12.5. The Labute approximate surface area is 147 Å². The lowest BCUT2D eigenvalue weighted by atomic mass is 10.1. The maximum atomic E-state index is 12.4. The Hall–Kier alpha value is -2.05. The van der Waals surface area contributed by atoms with Gasteiger partial charge in [-0.25, -0.2) is 8.42 Å². The summed E-state index contributed by atoms with van der Waals surface area (Å²) in [6, 6.07) is 13.4. The van der Waals surface area contributed by atoms with Crippen LogP contribution in [0.5, 0.6) is 0 Å². The molecule has 24 heavy (non-hydrogen) atoms. The summed E-state index contributed by atoms with van der Waals surface area (Å²) in [7, 11) is -3.38. The van der Waals surface area contributed by atoms with E-state index in [1.54, 1.807) is 37.3 Å². The Morgan fingerprint density at radius 2 is 1.83 bits per heavy atom. The number of amides is 1. The highest BCUT2D eigenvalue weighted by Crippen LogP contribution is 2.18. The van der Waals surface area contributed by atoms with Gasteiger partial charge in [0.1, 0.15) is 0 Å². The number of benzene rings is 2. The molecule has 0 aliphatic rings. The van der Waals surface area contributed by atoms with Crippen molar-refractivity contribution in [1.29, 1.82) is 0 Å². The van der Waals surface area contributed by atoms with Gasteiger partial charge in [-0.15, -0.1) is 0 Å². The number of carbonyl (C=O) groups is 1. The SMILES string of the molecule is CCS(=O)(=O)Nc1cccc(C(=O)N[C@H](C)c2ccc(Cl)cc2)c1. The van der Waals surface area contributed by atoms with E-state index in [1.807, 2.05) is 19.1 Å². The second-order valence-electron chi connectivity index (χ2n) is 5.33. The lowest BCUT2D eigenvalue weighted by Gasteiger charge is -2.15. The van der Waals surface area contributed by atoms with Crippen LogP contribution in [0.1, 0.15) is 35.8 Å². The van der Waals surface area contributed by atoms with E-state index >= 15 is 0 Å². The molecule has 7 heteroatoms.